The molecule has 1 aromatic carbocycles. The van der Waals surface area contributed by atoms with Crippen LogP contribution in [0.5, 0.6) is 5.75 Å². The smallest absolute Gasteiger partial charge is 0.139 e. The standard InChI is InChI=1S/C9H13N3O/c1-12(2)7-4-3-6(9(10)11)5-8(7)13/h3-5,13H,1-2H3,(H3,10,11). The number of nitrogen functional groups attached to an aromatic ring is 1. The Morgan fingerprint density at radius 2 is 2.08 bits per heavy atom. The number of phenolic OH excluding ortho intramolecular Hbond substituents is 1. The molecule has 13 heavy (non-hydrogen) atoms. The topological polar surface area (TPSA) is 73.3 Å². The Bertz CT molecular complexity index is 334. The van der Waals surface area contributed by atoms with Crippen LogP contribution in [0.3, 0.4) is 0 Å². The number of nitrogens with two attached hydrogens (primary N) is 1. The Kier molecular flexibility index (Phi) is 2.41. The molecule has 0 spiro atoms. The van der Waals surface area contributed by atoms with Crippen molar-refractivity contribution in [3.05, 3.63) is 23.8 Å². The van der Waals surface area contributed by atoms with Gasteiger partial charge in [0, 0.05) is 19.7 Å². The first-order valence-corrected chi connectivity index (χ1v) is 3.87. The first-order valence-electron chi connectivity index (χ1n) is 3.87. The molecule has 0 unspecified atom stereocenters. The van der Waals surface area contributed by atoms with Gasteiger partial charge in [0.1, 0.15) is 11.6 Å². The average Bonchev–Trinajstić information content (AvgIpc) is 2.03. The van der Waals surface area contributed by atoms with Gasteiger partial charge in [0.25, 0.3) is 0 Å². The normalized spacial score (nSPS) is 9.69. The molecule has 0 aromatic heterocycles. The molecule has 0 atom stereocenters. The Hall–Kier alpha value is -1.71. The van der Waals surface area contributed by atoms with E-state index in [-0.39, 0.29) is 11.6 Å². The first kappa shape index (κ1) is 9.38. The van der Waals surface area contributed by atoms with Crippen LogP contribution in [0.25, 0.3) is 0 Å². The molecule has 1 rings (SSSR count). The summed E-state index contributed by atoms with van der Waals surface area (Å²) in [6, 6.07) is 4.92. The van der Waals surface area contributed by atoms with Crippen molar-refractivity contribution >= 4 is 11.5 Å². The van der Waals surface area contributed by atoms with Gasteiger partial charge in [-0.05, 0) is 18.2 Å². The summed E-state index contributed by atoms with van der Waals surface area (Å²) in [6.07, 6.45) is 0. The minimum Gasteiger partial charge on any atom is -0.506 e. The van der Waals surface area contributed by atoms with Crippen molar-refractivity contribution in [1.29, 1.82) is 5.41 Å². The lowest BCUT2D eigenvalue weighted by Gasteiger charge is -2.14. The largest absolute Gasteiger partial charge is 0.506 e. The molecule has 0 radical (unpaired) electrons. The van der Waals surface area contributed by atoms with E-state index >= 15 is 0 Å². The molecule has 0 saturated carbocycles. The predicted molar refractivity (Wildman–Crippen MR) is 53.4 cm³/mol. The number of benzene rings is 1. The molecule has 0 aliphatic rings. The van der Waals surface area contributed by atoms with E-state index < -0.39 is 0 Å². The van der Waals surface area contributed by atoms with E-state index in [1.165, 1.54) is 6.07 Å². The molecule has 0 aliphatic heterocycles. The summed E-state index contributed by atoms with van der Waals surface area (Å²) in [6.45, 7) is 0. The zero-order valence-corrected chi connectivity index (χ0v) is 7.70. The molecule has 0 saturated heterocycles. The summed E-state index contributed by atoms with van der Waals surface area (Å²) < 4.78 is 0. The van der Waals surface area contributed by atoms with E-state index in [2.05, 4.69) is 0 Å². The van der Waals surface area contributed by atoms with Crippen molar-refractivity contribution in [3.63, 3.8) is 0 Å². The number of phenols is 1. The molecular weight excluding hydrogens is 166 g/mol. The maximum Gasteiger partial charge on any atom is 0.139 e. The third kappa shape index (κ3) is 1.90. The lowest BCUT2D eigenvalue weighted by atomic mass is 10.1. The van der Waals surface area contributed by atoms with Crippen LogP contribution < -0.4 is 10.6 Å². The van der Waals surface area contributed by atoms with Crippen molar-refractivity contribution in [3.8, 4) is 5.75 Å². The van der Waals surface area contributed by atoms with Gasteiger partial charge in [0.15, 0.2) is 0 Å². The van der Waals surface area contributed by atoms with Crippen molar-refractivity contribution in [1.82, 2.24) is 0 Å². The van der Waals surface area contributed by atoms with Crippen LogP contribution in [0.2, 0.25) is 0 Å². The molecule has 1 aromatic rings. The first-order chi connectivity index (χ1) is 6.02. The van der Waals surface area contributed by atoms with Crippen molar-refractivity contribution in [2.24, 2.45) is 5.73 Å². The molecule has 0 amide bonds. The van der Waals surface area contributed by atoms with Crippen molar-refractivity contribution in [2.75, 3.05) is 19.0 Å². The van der Waals surface area contributed by atoms with Crippen LogP contribution in [0.15, 0.2) is 18.2 Å². The van der Waals surface area contributed by atoms with Crippen LogP contribution >= 0.6 is 0 Å². The number of nitrogens with zero attached hydrogens (tertiary/aromatic N) is 1. The maximum absolute atomic E-state index is 9.52. The second-order valence-electron chi connectivity index (χ2n) is 3.01. The second-order valence-corrected chi connectivity index (χ2v) is 3.01. The number of anilines is 1. The third-order valence-electron chi connectivity index (χ3n) is 1.77. The number of amidine groups is 1. The lowest BCUT2D eigenvalue weighted by molar-refractivity contribution is 0.475. The van der Waals surface area contributed by atoms with Gasteiger partial charge < -0.3 is 15.7 Å². The lowest BCUT2D eigenvalue weighted by Crippen LogP contribution is -2.12. The molecule has 70 valence electrons. The van der Waals surface area contributed by atoms with Crippen molar-refractivity contribution < 1.29 is 5.11 Å². The fourth-order valence-electron chi connectivity index (χ4n) is 1.07. The molecule has 4 N–H and O–H groups in total. The average molecular weight is 179 g/mol. The summed E-state index contributed by atoms with van der Waals surface area (Å²) in [5.74, 6) is 0.0957. The molecule has 4 nitrogen and oxygen atoms in total. The van der Waals surface area contributed by atoms with Gasteiger partial charge in [-0.3, -0.25) is 5.41 Å². The minimum absolute atomic E-state index is 0.0411. The predicted octanol–water partition coefficient (Wildman–Crippen LogP) is 0.742. The van der Waals surface area contributed by atoms with Crippen LogP contribution in [0, 0.1) is 5.41 Å². The van der Waals surface area contributed by atoms with E-state index in [0.29, 0.717) is 11.3 Å². The second kappa shape index (κ2) is 3.35. The van der Waals surface area contributed by atoms with Crippen LogP contribution in [-0.4, -0.2) is 25.0 Å². The zero-order chi connectivity index (χ0) is 10.0. The van der Waals surface area contributed by atoms with E-state index in [0.717, 1.165) is 0 Å². The highest BCUT2D eigenvalue weighted by molar-refractivity contribution is 5.95. The van der Waals surface area contributed by atoms with Gasteiger partial charge in [-0.15, -0.1) is 0 Å². The molecule has 0 fully saturated rings. The van der Waals surface area contributed by atoms with E-state index in [9.17, 15) is 5.11 Å². The molecule has 0 bridgehead atoms. The van der Waals surface area contributed by atoms with E-state index in [1.54, 1.807) is 17.0 Å². The van der Waals surface area contributed by atoms with Gasteiger partial charge >= 0.3 is 0 Å². The Labute approximate surface area is 77.1 Å². The van der Waals surface area contributed by atoms with E-state index in [4.69, 9.17) is 11.1 Å². The SMILES string of the molecule is CN(C)c1ccc(C(=N)N)cc1O. The zero-order valence-electron chi connectivity index (χ0n) is 7.70. The Morgan fingerprint density at radius 1 is 1.46 bits per heavy atom. The number of aromatic hydroxyl groups is 1. The van der Waals surface area contributed by atoms with E-state index in [1.807, 2.05) is 14.1 Å². The number of hydrogen-bond acceptors (Lipinski definition) is 3. The number of rotatable bonds is 2. The highest BCUT2D eigenvalue weighted by Gasteiger charge is 2.05. The Balaban J connectivity index is 3.13. The fourth-order valence-corrected chi connectivity index (χ4v) is 1.07. The summed E-state index contributed by atoms with van der Waals surface area (Å²) in [5, 5.41) is 16.7. The Morgan fingerprint density at radius 3 is 2.46 bits per heavy atom. The van der Waals surface area contributed by atoms with Gasteiger partial charge in [0.2, 0.25) is 0 Å². The summed E-state index contributed by atoms with van der Waals surface area (Å²) in [5.41, 5.74) is 6.51. The van der Waals surface area contributed by atoms with Crippen LogP contribution in [0.1, 0.15) is 5.56 Å². The number of nitrogens with one attached hydrogen (secondary N) is 1. The molecule has 4 heteroatoms. The van der Waals surface area contributed by atoms with Gasteiger partial charge in [-0.25, -0.2) is 0 Å². The molecule has 0 heterocycles. The molecule has 0 aliphatic carbocycles. The summed E-state index contributed by atoms with van der Waals surface area (Å²) in [7, 11) is 3.67. The monoisotopic (exact) mass is 179 g/mol. The summed E-state index contributed by atoms with van der Waals surface area (Å²) >= 11 is 0. The van der Waals surface area contributed by atoms with Crippen molar-refractivity contribution in [2.45, 2.75) is 0 Å². The van der Waals surface area contributed by atoms with Crippen LogP contribution in [0.4, 0.5) is 5.69 Å². The third-order valence-corrected chi connectivity index (χ3v) is 1.77. The van der Waals surface area contributed by atoms with Gasteiger partial charge in [-0.2, -0.15) is 0 Å². The maximum atomic E-state index is 9.52. The highest BCUT2D eigenvalue weighted by atomic mass is 16.3. The molecular formula is C9H13N3O. The quantitative estimate of drug-likeness (QED) is 0.463. The van der Waals surface area contributed by atoms with Gasteiger partial charge in [0.05, 0.1) is 5.69 Å². The fraction of sp³-hybridized carbons (Fsp3) is 0.222. The van der Waals surface area contributed by atoms with Gasteiger partial charge in [-0.1, -0.05) is 0 Å². The minimum atomic E-state index is -0.0411. The van der Waals surface area contributed by atoms with Crippen LogP contribution in [-0.2, 0) is 0 Å². The highest BCUT2D eigenvalue weighted by Crippen LogP contribution is 2.25. The number of hydrogen-bond donors (Lipinski definition) is 3. The summed E-state index contributed by atoms with van der Waals surface area (Å²) in [4.78, 5) is 1.79.